The van der Waals surface area contributed by atoms with Crippen molar-refractivity contribution in [3.05, 3.63) is 0 Å². The summed E-state index contributed by atoms with van der Waals surface area (Å²) in [6, 6.07) is 0. The topological polar surface area (TPSA) is 80.3 Å². The quantitative estimate of drug-likeness (QED) is 0.441. The van der Waals surface area contributed by atoms with Crippen LogP contribution in [0.25, 0.3) is 0 Å². The average Bonchev–Trinajstić information content (AvgIpc) is 2.68. The lowest BCUT2D eigenvalue weighted by Crippen LogP contribution is -2.63. The van der Waals surface area contributed by atoms with Crippen molar-refractivity contribution in [1.82, 2.24) is 0 Å². The number of hydrogen-bond donors (Lipinski definition) is 0. The lowest BCUT2D eigenvalue weighted by atomic mass is 9.50. The summed E-state index contributed by atoms with van der Waals surface area (Å²) in [6.45, 7) is 8.44. The number of carboxylic acid groups (broad SMARTS) is 2. The summed E-state index contributed by atoms with van der Waals surface area (Å²) in [5.41, 5.74) is -2.59. The fourth-order valence-corrected chi connectivity index (χ4v) is 5.56. The second kappa shape index (κ2) is 11.8. The molecule has 0 bridgehead atoms. The van der Waals surface area contributed by atoms with Gasteiger partial charge in [-0.25, -0.2) is 0 Å². The molecule has 1 aliphatic carbocycles. The van der Waals surface area contributed by atoms with Crippen molar-refractivity contribution in [3.8, 4) is 0 Å². The Bertz CT molecular complexity index is 445. The molecule has 164 valence electrons. The Labute approximate surface area is 172 Å². The Balaban J connectivity index is 3.33. The van der Waals surface area contributed by atoms with Crippen molar-refractivity contribution in [2.75, 3.05) is 0 Å². The van der Waals surface area contributed by atoms with E-state index in [4.69, 9.17) is 0 Å². The maximum absolute atomic E-state index is 12.6. The normalized spacial score (nSPS) is 27.3. The Morgan fingerprint density at radius 2 is 1.11 bits per heavy atom. The van der Waals surface area contributed by atoms with Crippen molar-refractivity contribution >= 4 is 11.9 Å². The average molecular weight is 395 g/mol. The van der Waals surface area contributed by atoms with E-state index in [1.165, 1.54) is 0 Å². The summed E-state index contributed by atoms with van der Waals surface area (Å²) < 4.78 is 0. The number of carbonyl (C=O) groups excluding carboxylic acids is 2. The van der Waals surface area contributed by atoms with Crippen LogP contribution < -0.4 is 10.2 Å². The van der Waals surface area contributed by atoms with Gasteiger partial charge in [-0.05, 0) is 37.5 Å². The van der Waals surface area contributed by atoms with Crippen LogP contribution in [0.3, 0.4) is 0 Å². The molecule has 0 N–H and O–H groups in total. The van der Waals surface area contributed by atoms with Gasteiger partial charge in [0.1, 0.15) is 0 Å². The molecule has 0 aromatic carbocycles. The van der Waals surface area contributed by atoms with Gasteiger partial charge in [-0.15, -0.1) is 0 Å². The van der Waals surface area contributed by atoms with E-state index in [1.54, 1.807) is 0 Å². The molecule has 0 saturated heterocycles. The molecule has 0 aromatic heterocycles. The van der Waals surface area contributed by atoms with Crippen LogP contribution in [0.15, 0.2) is 0 Å². The van der Waals surface area contributed by atoms with E-state index >= 15 is 0 Å². The molecule has 4 heteroatoms. The predicted octanol–water partition coefficient (Wildman–Crippen LogP) is 4.25. The van der Waals surface area contributed by atoms with Crippen molar-refractivity contribution in [2.24, 2.45) is 22.7 Å². The van der Waals surface area contributed by atoms with E-state index < -0.39 is 22.8 Å². The molecule has 4 atom stereocenters. The number of carboxylic acids is 2. The second-order valence-corrected chi connectivity index (χ2v) is 9.19. The number of hydrogen-bond acceptors (Lipinski definition) is 4. The Hall–Kier alpha value is -1.06. The number of carbonyl (C=O) groups is 2. The van der Waals surface area contributed by atoms with Crippen LogP contribution in [0.4, 0.5) is 0 Å². The molecule has 1 saturated carbocycles. The van der Waals surface area contributed by atoms with Crippen LogP contribution in [0.2, 0.25) is 0 Å². The summed E-state index contributed by atoms with van der Waals surface area (Å²) >= 11 is 0. The van der Waals surface area contributed by atoms with Crippen molar-refractivity contribution in [1.29, 1.82) is 0 Å². The summed E-state index contributed by atoms with van der Waals surface area (Å²) in [4.78, 5) is 25.2. The van der Waals surface area contributed by atoms with E-state index in [-0.39, 0.29) is 11.8 Å². The van der Waals surface area contributed by atoms with Gasteiger partial charge in [0.05, 0.1) is 0 Å². The third-order valence-electron chi connectivity index (χ3n) is 7.52. The zero-order valence-electron chi connectivity index (χ0n) is 18.7. The van der Waals surface area contributed by atoms with Gasteiger partial charge in [0.15, 0.2) is 0 Å². The molecule has 0 amide bonds. The fourth-order valence-electron chi connectivity index (χ4n) is 5.56. The van der Waals surface area contributed by atoms with Gasteiger partial charge in [0.25, 0.3) is 0 Å². The van der Waals surface area contributed by atoms with Crippen molar-refractivity contribution in [2.45, 2.75) is 118 Å². The third-order valence-corrected chi connectivity index (χ3v) is 7.52. The van der Waals surface area contributed by atoms with Crippen LogP contribution in [-0.4, -0.2) is 11.9 Å². The molecule has 0 heterocycles. The summed E-state index contributed by atoms with van der Waals surface area (Å²) in [5, 5.41) is 25.2. The second-order valence-electron chi connectivity index (χ2n) is 9.19. The minimum Gasteiger partial charge on any atom is -0.550 e. The van der Waals surface area contributed by atoms with Crippen LogP contribution in [0.1, 0.15) is 118 Å². The van der Waals surface area contributed by atoms with E-state index in [1.807, 2.05) is 0 Å². The Morgan fingerprint density at radius 1 is 0.750 bits per heavy atom. The SMILES string of the molecule is CCCCC(CC)CC1(C(=O)[O-])CCCCC1(CC(CC)CCCC)C(=O)[O-]. The highest BCUT2D eigenvalue weighted by molar-refractivity contribution is 5.85. The van der Waals surface area contributed by atoms with Gasteiger partial charge in [-0.3, -0.25) is 0 Å². The zero-order chi connectivity index (χ0) is 21.2. The highest BCUT2D eigenvalue weighted by Crippen LogP contribution is 2.58. The standard InChI is InChI=1S/C24H44O4/c1-5-9-13-19(7-3)17-23(21(25)26)15-11-12-16-24(23,22(27)28)18-20(8-4)14-10-6-2/h19-20H,5-18H2,1-4H3,(H,25,26)(H,27,28)/p-2. The summed E-state index contributed by atoms with van der Waals surface area (Å²) in [6.07, 6.45) is 11.1. The van der Waals surface area contributed by atoms with Gasteiger partial charge in [-0.2, -0.15) is 0 Å². The van der Waals surface area contributed by atoms with E-state index in [0.29, 0.717) is 25.7 Å². The lowest BCUT2D eigenvalue weighted by Gasteiger charge is -2.57. The lowest BCUT2D eigenvalue weighted by molar-refractivity contribution is -0.351. The number of aliphatic carboxylic acids is 2. The van der Waals surface area contributed by atoms with Gasteiger partial charge in [0, 0.05) is 22.8 Å². The third kappa shape index (κ3) is 5.51. The van der Waals surface area contributed by atoms with E-state index in [0.717, 1.165) is 64.2 Å². The Kier molecular flexibility index (Phi) is 10.5. The molecule has 0 radical (unpaired) electrons. The molecule has 1 rings (SSSR count). The van der Waals surface area contributed by atoms with E-state index in [2.05, 4.69) is 27.7 Å². The van der Waals surface area contributed by atoms with Gasteiger partial charge in [-0.1, -0.05) is 91.9 Å². The zero-order valence-corrected chi connectivity index (χ0v) is 18.7. The smallest absolute Gasteiger partial charge is 0.0485 e. The monoisotopic (exact) mass is 394 g/mol. The van der Waals surface area contributed by atoms with Crippen LogP contribution in [0.5, 0.6) is 0 Å². The molecule has 28 heavy (non-hydrogen) atoms. The Morgan fingerprint density at radius 3 is 1.36 bits per heavy atom. The molecular weight excluding hydrogens is 352 g/mol. The molecule has 0 aliphatic heterocycles. The maximum atomic E-state index is 12.6. The first-order valence-electron chi connectivity index (χ1n) is 11.8. The molecule has 4 nitrogen and oxygen atoms in total. The van der Waals surface area contributed by atoms with Crippen LogP contribution in [0, 0.1) is 22.7 Å². The summed E-state index contributed by atoms with van der Waals surface area (Å²) in [7, 11) is 0. The highest BCUT2D eigenvalue weighted by Gasteiger charge is 2.55. The van der Waals surface area contributed by atoms with Crippen LogP contribution in [-0.2, 0) is 9.59 Å². The first-order valence-corrected chi connectivity index (χ1v) is 11.8. The van der Waals surface area contributed by atoms with Gasteiger partial charge < -0.3 is 19.8 Å². The first kappa shape index (κ1) is 25.0. The first-order chi connectivity index (χ1) is 13.3. The number of rotatable bonds is 14. The molecule has 0 aromatic rings. The van der Waals surface area contributed by atoms with E-state index in [9.17, 15) is 19.8 Å². The number of unbranched alkanes of at least 4 members (excludes halogenated alkanes) is 2. The predicted molar refractivity (Wildman–Crippen MR) is 109 cm³/mol. The van der Waals surface area contributed by atoms with Gasteiger partial charge in [0.2, 0.25) is 0 Å². The maximum Gasteiger partial charge on any atom is 0.0485 e. The van der Waals surface area contributed by atoms with Crippen LogP contribution >= 0.6 is 0 Å². The molecule has 1 fully saturated rings. The molecule has 4 unspecified atom stereocenters. The highest BCUT2D eigenvalue weighted by atomic mass is 16.4. The molecular formula is C24H42O4-2. The largest absolute Gasteiger partial charge is 0.550 e. The summed E-state index contributed by atoms with van der Waals surface area (Å²) in [5.74, 6) is -1.86. The molecule has 0 spiro atoms. The van der Waals surface area contributed by atoms with Gasteiger partial charge >= 0.3 is 0 Å². The van der Waals surface area contributed by atoms with Crippen molar-refractivity contribution < 1.29 is 19.8 Å². The fraction of sp³-hybridized carbons (Fsp3) is 0.917. The molecule has 1 aliphatic rings. The minimum absolute atomic E-state index is 0.227. The van der Waals surface area contributed by atoms with Crippen molar-refractivity contribution in [3.63, 3.8) is 0 Å². The minimum atomic E-state index is -1.29.